The molecule has 0 N–H and O–H groups in total. The lowest BCUT2D eigenvalue weighted by atomic mass is 9.69. The number of para-hydroxylation sites is 1. The van der Waals surface area contributed by atoms with E-state index < -0.39 is 23.0 Å². The van der Waals surface area contributed by atoms with E-state index in [-0.39, 0.29) is 24.9 Å². The molecule has 9 nitrogen and oxygen atoms in total. The summed E-state index contributed by atoms with van der Waals surface area (Å²) in [6.45, 7) is 8.94. The first-order valence-electron chi connectivity index (χ1n) is 14.3. The molecule has 0 radical (unpaired) electrons. The molecule has 42 heavy (non-hydrogen) atoms. The smallest absolute Gasteiger partial charge is 0.417 e. The lowest BCUT2D eigenvalue weighted by Crippen LogP contribution is -2.57. The van der Waals surface area contributed by atoms with E-state index >= 15 is 0 Å². The first-order chi connectivity index (χ1) is 20.1. The molecule has 9 heteroatoms. The van der Waals surface area contributed by atoms with Crippen molar-refractivity contribution in [2.45, 2.75) is 58.2 Å². The van der Waals surface area contributed by atoms with Crippen molar-refractivity contribution in [2.75, 3.05) is 26.2 Å². The van der Waals surface area contributed by atoms with Gasteiger partial charge in [0.25, 0.3) is 5.91 Å². The fraction of sp³-hybridized carbons (Fsp3) is 0.394. The van der Waals surface area contributed by atoms with Gasteiger partial charge in [-0.1, -0.05) is 48.5 Å². The van der Waals surface area contributed by atoms with Gasteiger partial charge >= 0.3 is 12.2 Å². The van der Waals surface area contributed by atoms with Gasteiger partial charge in [0.2, 0.25) is 0 Å². The first-order valence-corrected chi connectivity index (χ1v) is 14.3. The molecule has 3 amide bonds. The summed E-state index contributed by atoms with van der Waals surface area (Å²) in [7, 11) is 0. The molecule has 1 fully saturated rings. The molecule has 3 aromatic rings. The van der Waals surface area contributed by atoms with E-state index in [1.807, 2.05) is 94.4 Å². The number of pyridine rings is 1. The SMILES string of the molecule is CCOc1ccccc1-c1ccc2c(n1)C(=O)N(C(=O)OCc1ccccc1)CC21CCN(C(=O)OC(C)(C)C)CC1. The molecule has 0 atom stereocenters. The van der Waals surface area contributed by atoms with Crippen LogP contribution in [0.5, 0.6) is 5.75 Å². The quantitative estimate of drug-likeness (QED) is 0.359. The molecule has 0 saturated carbocycles. The highest BCUT2D eigenvalue weighted by atomic mass is 16.6. The van der Waals surface area contributed by atoms with E-state index in [0.717, 1.165) is 16.7 Å². The molecule has 2 aliphatic rings. The van der Waals surface area contributed by atoms with Gasteiger partial charge in [0, 0.05) is 30.6 Å². The fourth-order valence-corrected chi connectivity index (χ4v) is 5.56. The zero-order valence-electron chi connectivity index (χ0n) is 24.6. The number of hydrogen-bond acceptors (Lipinski definition) is 7. The van der Waals surface area contributed by atoms with Crippen LogP contribution in [0.4, 0.5) is 9.59 Å². The van der Waals surface area contributed by atoms with Crippen LogP contribution in [0.15, 0.2) is 66.7 Å². The van der Waals surface area contributed by atoms with E-state index in [4.69, 9.17) is 19.2 Å². The molecule has 0 bridgehead atoms. The average molecular weight is 572 g/mol. The molecule has 220 valence electrons. The zero-order chi connectivity index (χ0) is 29.9. The van der Waals surface area contributed by atoms with Crippen LogP contribution < -0.4 is 4.74 Å². The van der Waals surface area contributed by atoms with Gasteiger partial charge in [0.1, 0.15) is 23.7 Å². The van der Waals surface area contributed by atoms with Gasteiger partial charge in [0.15, 0.2) is 0 Å². The molecule has 1 spiro atoms. The standard InChI is InChI=1S/C33H37N3O6/c1-5-40-27-14-10-9-13-24(27)26-16-15-25-28(34-26)29(37)36(31(39)41-21-23-11-7-6-8-12-23)22-33(25)17-19-35(20-18-33)30(38)42-32(2,3)4/h6-16H,5,17-22H2,1-4H3. The Morgan fingerprint density at radius 2 is 1.62 bits per heavy atom. The van der Waals surface area contributed by atoms with E-state index in [2.05, 4.69) is 0 Å². The monoisotopic (exact) mass is 571 g/mol. The molecule has 0 aliphatic carbocycles. The predicted octanol–water partition coefficient (Wildman–Crippen LogP) is 6.21. The maximum atomic E-state index is 13.9. The van der Waals surface area contributed by atoms with E-state index in [1.165, 1.54) is 4.90 Å². The van der Waals surface area contributed by atoms with Crippen LogP contribution in [0.1, 0.15) is 62.2 Å². The second-order valence-electron chi connectivity index (χ2n) is 11.7. The number of hydrogen-bond donors (Lipinski definition) is 0. The number of carbonyl (C=O) groups excluding carboxylic acids is 3. The Balaban J connectivity index is 1.48. The van der Waals surface area contributed by atoms with Crippen molar-refractivity contribution in [1.29, 1.82) is 0 Å². The summed E-state index contributed by atoms with van der Waals surface area (Å²) in [6, 6.07) is 20.7. The summed E-state index contributed by atoms with van der Waals surface area (Å²) in [6.07, 6.45) is -0.0214. The largest absolute Gasteiger partial charge is 0.493 e. The van der Waals surface area contributed by atoms with Crippen LogP contribution in [-0.2, 0) is 21.5 Å². The third kappa shape index (κ3) is 6.10. The lowest BCUT2D eigenvalue weighted by molar-refractivity contribution is 0.0116. The van der Waals surface area contributed by atoms with Crippen LogP contribution in [0.3, 0.4) is 0 Å². The number of imide groups is 1. The van der Waals surface area contributed by atoms with Crippen LogP contribution in [0.25, 0.3) is 11.3 Å². The lowest BCUT2D eigenvalue weighted by Gasteiger charge is -2.46. The molecule has 5 rings (SSSR count). The van der Waals surface area contributed by atoms with Gasteiger partial charge in [0.05, 0.1) is 12.3 Å². The summed E-state index contributed by atoms with van der Waals surface area (Å²) >= 11 is 0. The minimum absolute atomic E-state index is 0.0466. The van der Waals surface area contributed by atoms with Crippen LogP contribution in [0.2, 0.25) is 0 Å². The molecular weight excluding hydrogens is 534 g/mol. The van der Waals surface area contributed by atoms with Crippen molar-refractivity contribution in [1.82, 2.24) is 14.8 Å². The Morgan fingerprint density at radius 1 is 0.929 bits per heavy atom. The number of fused-ring (bicyclic) bond motifs is 2. The van der Waals surface area contributed by atoms with Crippen molar-refractivity contribution in [3.63, 3.8) is 0 Å². The van der Waals surface area contributed by atoms with Crippen molar-refractivity contribution in [3.8, 4) is 17.0 Å². The van der Waals surface area contributed by atoms with Gasteiger partial charge in [-0.2, -0.15) is 0 Å². The van der Waals surface area contributed by atoms with Gasteiger partial charge in [-0.15, -0.1) is 0 Å². The van der Waals surface area contributed by atoms with Gasteiger partial charge in [-0.25, -0.2) is 19.5 Å². The highest BCUT2D eigenvalue weighted by molar-refractivity contribution is 6.04. The fourth-order valence-electron chi connectivity index (χ4n) is 5.56. The summed E-state index contributed by atoms with van der Waals surface area (Å²) in [5.41, 5.74) is 1.96. The molecule has 0 unspecified atom stereocenters. The van der Waals surface area contributed by atoms with E-state index in [9.17, 15) is 14.4 Å². The third-order valence-corrected chi connectivity index (χ3v) is 7.64. The summed E-state index contributed by atoms with van der Waals surface area (Å²) in [4.78, 5) is 47.7. The topological polar surface area (TPSA) is 98.3 Å². The molecule has 1 aromatic heterocycles. The van der Waals surface area contributed by atoms with Crippen LogP contribution in [-0.4, -0.2) is 64.7 Å². The average Bonchev–Trinajstić information content (AvgIpc) is 2.98. The summed E-state index contributed by atoms with van der Waals surface area (Å²) in [5.74, 6) is 0.161. The molecule has 2 aliphatic heterocycles. The number of ether oxygens (including phenoxy) is 3. The Hall–Kier alpha value is -4.40. The maximum absolute atomic E-state index is 13.9. The number of carbonyl (C=O) groups is 3. The Bertz CT molecular complexity index is 1460. The highest BCUT2D eigenvalue weighted by Gasteiger charge is 2.49. The summed E-state index contributed by atoms with van der Waals surface area (Å²) < 4.78 is 17.0. The van der Waals surface area contributed by atoms with Gasteiger partial charge in [-0.3, -0.25) is 4.79 Å². The summed E-state index contributed by atoms with van der Waals surface area (Å²) in [5, 5.41) is 0. The number of nitrogens with zero attached hydrogens (tertiary/aromatic N) is 3. The Morgan fingerprint density at radius 3 is 2.31 bits per heavy atom. The maximum Gasteiger partial charge on any atom is 0.417 e. The zero-order valence-corrected chi connectivity index (χ0v) is 24.6. The van der Waals surface area contributed by atoms with Crippen molar-refractivity contribution >= 4 is 18.1 Å². The number of piperidine rings is 1. The third-order valence-electron chi connectivity index (χ3n) is 7.64. The predicted molar refractivity (Wildman–Crippen MR) is 157 cm³/mol. The number of aromatic nitrogens is 1. The first kappa shape index (κ1) is 29.1. The number of rotatable bonds is 5. The Kier molecular flexibility index (Phi) is 8.20. The second kappa shape index (κ2) is 11.8. The van der Waals surface area contributed by atoms with Crippen molar-refractivity contribution in [2.24, 2.45) is 0 Å². The molecule has 1 saturated heterocycles. The highest BCUT2D eigenvalue weighted by Crippen LogP contribution is 2.43. The van der Waals surface area contributed by atoms with E-state index in [0.29, 0.717) is 44.0 Å². The molecular formula is C33H37N3O6. The second-order valence-corrected chi connectivity index (χ2v) is 11.7. The number of benzene rings is 2. The van der Waals surface area contributed by atoms with E-state index in [1.54, 1.807) is 4.90 Å². The minimum Gasteiger partial charge on any atom is -0.493 e. The van der Waals surface area contributed by atoms with Gasteiger partial charge in [-0.05, 0) is 69.9 Å². The van der Waals surface area contributed by atoms with Crippen LogP contribution >= 0.6 is 0 Å². The van der Waals surface area contributed by atoms with Crippen molar-refractivity contribution < 1.29 is 28.6 Å². The normalized spacial score (nSPS) is 16.1. The van der Waals surface area contributed by atoms with Crippen LogP contribution in [0, 0.1) is 0 Å². The number of amides is 3. The Labute approximate surface area is 246 Å². The molecule has 3 heterocycles. The number of likely N-dealkylation sites (tertiary alicyclic amines) is 1. The minimum atomic E-state index is -0.717. The molecule has 2 aromatic carbocycles. The van der Waals surface area contributed by atoms with Crippen molar-refractivity contribution in [3.05, 3.63) is 83.6 Å². The van der Waals surface area contributed by atoms with Gasteiger partial charge < -0.3 is 19.1 Å².